The van der Waals surface area contributed by atoms with E-state index in [1.54, 1.807) is 0 Å². The molecular formula is C13H21N. The first kappa shape index (κ1) is 11.2. The van der Waals surface area contributed by atoms with Crippen molar-refractivity contribution < 1.29 is 0 Å². The molecule has 0 aliphatic heterocycles. The fourth-order valence-corrected chi connectivity index (χ4v) is 1.58. The Morgan fingerprint density at radius 1 is 1.14 bits per heavy atom. The van der Waals surface area contributed by atoms with E-state index in [0.717, 1.165) is 12.3 Å². The molecule has 0 radical (unpaired) electrons. The van der Waals surface area contributed by atoms with Crippen molar-refractivity contribution in [3.8, 4) is 0 Å². The maximum absolute atomic E-state index is 4.31. The average molecular weight is 191 g/mol. The van der Waals surface area contributed by atoms with Crippen LogP contribution in [0.5, 0.6) is 0 Å². The molecule has 1 aromatic heterocycles. The van der Waals surface area contributed by atoms with Crippen LogP contribution in [0.25, 0.3) is 0 Å². The molecule has 14 heavy (non-hydrogen) atoms. The second-order valence-corrected chi connectivity index (χ2v) is 4.31. The third kappa shape index (κ3) is 5.00. The van der Waals surface area contributed by atoms with Gasteiger partial charge in [-0.05, 0) is 30.9 Å². The lowest BCUT2D eigenvalue weighted by Crippen LogP contribution is -1.91. The zero-order valence-electron chi connectivity index (χ0n) is 9.37. The van der Waals surface area contributed by atoms with Crippen LogP contribution < -0.4 is 0 Å². The van der Waals surface area contributed by atoms with Gasteiger partial charge in [-0.2, -0.15) is 0 Å². The van der Waals surface area contributed by atoms with Crippen LogP contribution >= 0.6 is 0 Å². The van der Waals surface area contributed by atoms with Crippen LogP contribution in [0.2, 0.25) is 0 Å². The minimum atomic E-state index is 0.852. The highest BCUT2D eigenvalue weighted by Crippen LogP contribution is 2.09. The molecule has 0 fully saturated rings. The van der Waals surface area contributed by atoms with Gasteiger partial charge in [-0.3, -0.25) is 4.98 Å². The van der Waals surface area contributed by atoms with Crippen molar-refractivity contribution in [1.82, 2.24) is 4.98 Å². The summed E-state index contributed by atoms with van der Waals surface area (Å²) in [7, 11) is 0. The van der Waals surface area contributed by atoms with Gasteiger partial charge >= 0.3 is 0 Å². The van der Waals surface area contributed by atoms with Crippen LogP contribution in [0.3, 0.4) is 0 Å². The van der Waals surface area contributed by atoms with Crippen LogP contribution in [-0.2, 0) is 6.42 Å². The minimum absolute atomic E-state index is 0.852. The van der Waals surface area contributed by atoms with Gasteiger partial charge in [-0.1, -0.05) is 39.2 Å². The van der Waals surface area contributed by atoms with Crippen LogP contribution in [0.15, 0.2) is 24.4 Å². The first-order chi connectivity index (χ1) is 6.79. The molecule has 1 rings (SSSR count). The quantitative estimate of drug-likeness (QED) is 0.622. The standard InChI is InChI=1S/C13H21N/c1-12(2)8-4-3-5-9-13-10-6-7-11-14-13/h6-7,10-12H,3-5,8-9H2,1-2H3. The van der Waals surface area contributed by atoms with Crippen molar-refractivity contribution in [2.45, 2.75) is 46.0 Å². The Balaban J connectivity index is 2.05. The van der Waals surface area contributed by atoms with Gasteiger partial charge in [0.15, 0.2) is 0 Å². The summed E-state index contributed by atoms with van der Waals surface area (Å²) in [6.45, 7) is 4.58. The van der Waals surface area contributed by atoms with Gasteiger partial charge < -0.3 is 0 Å². The van der Waals surface area contributed by atoms with E-state index < -0.39 is 0 Å². The molecule has 0 saturated carbocycles. The summed E-state index contributed by atoms with van der Waals surface area (Å²) < 4.78 is 0. The highest BCUT2D eigenvalue weighted by Gasteiger charge is 1.96. The Hall–Kier alpha value is -0.850. The molecule has 0 aliphatic carbocycles. The number of hydrogen-bond acceptors (Lipinski definition) is 1. The second kappa shape index (κ2) is 6.58. The average Bonchev–Trinajstić information content (AvgIpc) is 2.18. The van der Waals surface area contributed by atoms with E-state index in [4.69, 9.17) is 0 Å². The monoisotopic (exact) mass is 191 g/mol. The molecule has 0 aromatic carbocycles. The molecule has 78 valence electrons. The Morgan fingerprint density at radius 3 is 2.64 bits per heavy atom. The lowest BCUT2D eigenvalue weighted by atomic mass is 10.0. The van der Waals surface area contributed by atoms with Crippen molar-refractivity contribution in [3.05, 3.63) is 30.1 Å². The maximum Gasteiger partial charge on any atom is 0.0403 e. The summed E-state index contributed by atoms with van der Waals surface area (Å²) in [6, 6.07) is 6.15. The van der Waals surface area contributed by atoms with Gasteiger partial charge in [-0.25, -0.2) is 0 Å². The lowest BCUT2D eigenvalue weighted by molar-refractivity contribution is 0.526. The predicted molar refractivity (Wildman–Crippen MR) is 61.2 cm³/mol. The van der Waals surface area contributed by atoms with Crippen LogP contribution in [0, 0.1) is 5.92 Å². The van der Waals surface area contributed by atoms with Gasteiger partial charge in [0.05, 0.1) is 0 Å². The fraction of sp³-hybridized carbons (Fsp3) is 0.615. The SMILES string of the molecule is CC(C)CCCCCc1ccccn1. The number of hydrogen-bond donors (Lipinski definition) is 0. The van der Waals surface area contributed by atoms with Gasteiger partial charge in [0, 0.05) is 11.9 Å². The number of nitrogens with zero attached hydrogens (tertiary/aromatic N) is 1. The number of aromatic nitrogens is 1. The molecule has 0 amide bonds. The Labute approximate surface area is 87.6 Å². The molecular weight excluding hydrogens is 170 g/mol. The highest BCUT2D eigenvalue weighted by molar-refractivity contribution is 5.03. The predicted octanol–water partition coefficient (Wildman–Crippen LogP) is 3.84. The fourth-order valence-electron chi connectivity index (χ4n) is 1.58. The molecule has 0 N–H and O–H groups in total. The topological polar surface area (TPSA) is 12.9 Å². The van der Waals surface area contributed by atoms with Gasteiger partial charge in [-0.15, -0.1) is 0 Å². The Morgan fingerprint density at radius 2 is 2.00 bits per heavy atom. The van der Waals surface area contributed by atoms with E-state index in [0.29, 0.717) is 0 Å². The molecule has 0 bridgehead atoms. The normalized spacial score (nSPS) is 10.8. The first-order valence-corrected chi connectivity index (χ1v) is 5.69. The zero-order chi connectivity index (χ0) is 10.2. The minimum Gasteiger partial charge on any atom is -0.261 e. The molecule has 0 aliphatic rings. The molecule has 1 aromatic rings. The van der Waals surface area contributed by atoms with E-state index >= 15 is 0 Å². The van der Waals surface area contributed by atoms with E-state index in [1.807, 2.05) is 12.3 Å². The molecule has 0 spiro atoms. The summed E-state index contributed by atoms with van der Waals surface area (Å²) in [5, 5.41) is 0. The Kier molecular flexibility index (Phi) is 5.28. The summed E-state index contributed by atoms with van der Waals surface area (Å²) in [6.07, 6.45) is 8.37. The first-order valence-electron chi connectivity index (χ1n) is 5.69. The lowest BCUT2D eigenvalue weighted by Gasteiger charge is -2.03. The van der Waals surface area contributed by atoms with E-state index in [1.165, 1.54) is 31.4 Å². The number of pyridine rings is 1. The van der Waals surface area contributed by atoms with E-state index in [9.17, 15) is 0 Å². The summed E-state index contributed by atoms with van der Waals surface area (Å²) in [5.41, 5.74) is 1.23. The second-order valence-electron chi connectivity index (χ2n) is 4.31. The number of rotatable bonds is 6. The van der Waals surface area contributed by atoms with E-state index in [-0.39, 0.29) is 0 Å². The molecule has 0 atom stereocenters. The van der Waals surface area contributed by atoms with Crippen molar-refractivity contribution in [3.63, 3.8) is 0 Å². The molecule has 1 nitrogen and oxygen atoms in total. The summed E-state index contributed by atoms with van der Waals surface area (Å²) in [4.78, 5) is 4.31. The van der Waals surface area contributed by atoms with Crippen LogP contribution in [-0.4, -0.2) is 4.98 Å². The Bertz CT molecular complexity index is 228. The summed E-state index contributed by atoms with van der Waals surface area (Å²) >= 11 is 0. The van der Waals surface area contributed by atoms with Crippen molar-refractivity contribution >= 4 is 0 Å². The largest absolute Gasteiger partial charge is 0.261 e. The van der Waals surface area contributed by atoms with Gasteiger partial charge in [0.2, 0.25) is 0 Å². The molecule has 0 unspecified atom stereocenters. The van der Waals surface area contributed by atoms with Gasteiger partial charge in [0.1, 0.15) is 0 Å². The van der Waals surface area contributed by atoms with Crippen LogP contribution in [0.1, 0.15) is 45.2 Å². The highest BCUT2D eigenvalue weighted by atomic mass is 14.7. The van der Waals surface area contributed by atoms with Crippen LogP contribution in [0.4, 0.5) is 0 Å². The smallest absolute Gasteiger partial charge is 0.0403 e. The number of unbranched alkanes of at least 4 members (excludes halogenated alkanes) is 2. The zero-order valence-corrected chi connectivity index (χ0v) is 9.37. The third-order valence-electron chi connectivity index (χ3n) is 2.44. The molecule has 0 saturated heterocycles. The van der Waals surface area contributed by atoms with Crippen molar-refractivity contribution in [1.29, 1.82) is 0 Å². The van der Waals surface area contributed by atoms with Crippen molar-refractivity contribution in [2.24, 2.45) is 5.92 Å². The maximum atomic E-state index is 4.31. The van der Waals surface area contributed by atoms with E-state index in [2.05, 4.69) is 31.0 Å². The van der Waals surface area contributed by atoms with Crippen molar-refractivity contribution in [2.75, 3.05) is 0 Å². The summed E-state index contributed by atoms with van der Waals surface area (Å²) in [5.74, 6) is 0.852. The van der Waals surface area contributed by atoms with Gasteiger partial charge in [0.25, 0.3) is 0 Å². The number of aryl methyl sites for hydroxylation is 1. The third-order valence-corrected chi connectivity index (χ3v) is 2.44. The molecule has 1 heterocycles. The molecule has 1 heteroatoms.